The van der Waals surface area contributed by atoms with E-state index in [0.29, 0.717) is 30.0 Å². The predicted octanol–water partition coefficient (Wildman–Crippen LogP) is 4.79. The van der Waals surface area contributed by atoms with Gasteiger partial charge in [0.1, 0.15) is 16.8 Å². The third-order valence-electron chi connectivity index (χ3n) is 6.58. The van der Waals surface area contributed by atoms with Gasteiger partial charge in [-0.3, -0.25) is 9.59 Å². The van der Waals surface area contributed by atoms with Crippen molar-refractivity contribution in [2.45, 2.75) is 13.0 Å². The zero-order valence-corrected chi connectivity index (χ0v) is 20.4. The van der Waals surface area contributed by atoms with E-state index < -0.39 is 17.2 Å². The molecule has 0 aliphatic carbocycles. The van der Waals surface area contributed by atoms with E-state index in [1.165, 1.54) is 17.2 Å². The van der Waals surface area contributed by atoms with Crippen LogP contribution in [0, 0.1) is 5.82 Å². The van der Waals surface area contributed by atoms with Crippen LogP contribution in [0.2, 0.25) is 0 Å². The molecule has 9 heteroatoms. The summed E-state index contributed by atoms with van der Waals surface area (Å²) >= 11 is 0. The van der Waals surface area contributed by atoms with Crippen LogP contribution >= 0.6 is 0 Å². The topological polar surface area (TPSA) is 81.4 Å². The van der Waals surface area contributed by atoms with Gasteiger partial charge >= 0.3 is 0 Å². The fraction of sp³-hybridized carbons (Fsp3) is 0.179. The molecule has 2 aromatic heterocycles. The number of benzene rings is 3. The first-order valence-corrected chi connectivity index (χ1v) is 12.0. The van der Waals surface area contributed by atoms with Gasteiger partial charge in [-0.25, -0.2) is 9.37 Å². The van der Waals surface area contributed by atoms with Gasteiger partial charge in [-0.15, -0.1) is 0 Å². The molecule has 0 atom stereocenters. The molecular formula is C28H24FN5O3. The number of hydrogen-bond donors (Lipinski definition) is 1. The third kappa shape index (κ3) is 3.79. The van der Waals surface area contributed by atoms with Gasteiger partial charge in [0.15, 0.2) is 17.3 Å². The maximum atomic E-state index is 15.5. The Labute approximate surface area is 211 Å². The Bertz CT molecular complexity index is 1740. The molecule has 8 nitrogen and oxygen atoms in total. The summed E-state index contributed by atoms with van der Waals surface area (Å²) in [5, 5.41) is 5.18. The molecule has 0 radical (unpaired) electrons. The summed E-state index contributed by atoms with van der Waals surface area (Å²) in [5.74, 6) is -0.339. The number of hydrogen-bond acceptors (Lipinski definition) is 5. The fourth-order valence-electron chi connectivity index (χ4n) is 4.75. The number of nitrogens with one attached hydrogen (secondary N) is 1. The van der Waals surface area contributed by atoms with Gasteiger partial charge in [-0.2, -0.15) is 0 Å². The zero-order valence-electron chi connectivity index (χ0n) is 20.4. The number of carbonyl (C=O) groups is 1. The smallest absolute Gasteiger partial charge is 0.258 e. The molecule has 1 N–H and O–H groups in total. The summed E-state index contributed by atoms with van der Waals surface area (Å²) in [6, 6.07) is 12.9. The van der Waals surface area contributed by atoms with Gasteiger partial charge in [0.25, 0.3) is 5.91 Å². The Morgan fingerprint density at radius 1 is 1.16 bits per heavy atom. The summed E-state index contributed by atoms with van der Waals surface area (Å²) < 4.78 is 25.5. The second-order valence-corrected chi connectivity index (χ2v) is 9.25. The van der Waals surface area contributed by atoms with Crippen molar-refractivity contribution in [2.24, 2.45) is 0 Å². The normalized spacial score (nSPS) is 11.9. The molecule has 0 unspecified atom stereocenters. The molecule has 0 spiro atoms. The Morgan fingerprint density at radius 3 is 2.68 bits per heavy atom. The molecular weight excluding hydrogens is 473 g/mol. The molecule has 3 heterocycles. The van der Waals surface area contributed by atoms with Crippen molar-refractivity contribution in [3.8, 4) is 17.2 Å². The van der Waals surface area contributed by atoms with Crippen molar-refractivity contribution in [3.63, 3.8) is 0 Å². The Morgan fingerprint density at radius 2 is 1.95 bits per heavy atom. The first kappa shape index (κ1) is 22.8. The first-order chi connectivity index (χ1) is 17.9. The average molecular weight is 498 g/mol. The molecule has 37 heavy (non-hydrogen) atoms. The molecule has 0 fully saturated rings. The minimum absolute atomic E-state index is 0.0371. The third-order valence-corrected chi connectivity index (χ3v) is 6.58. The van der Waals surface area contributed by atoms with Gasteiger partial charge in [0.05, 0.1) is 17.4 Å². The van der Waals surface area contributed by atoms with Gasteiger partial charge in [-0.1, -0.05) is 24.3 Å². The highest BCUT2D eigenvalue weighted by atomic mass is 19.1. The maximum Gasteiger partial charge on any atom is 0.258 e. The minimum Gasteiger partial charge on any atom is -0.451 e. The molecule has 5 aromatic rings. The van der Waals surface area contributed by atoms with Crippen molar-refractivity contribution in [3.05, 3.63) is 89.0 Å². The van der Waals surface area contributed by atoms with E-state index in [4.69, 9.17) is 4.74 Å². The number of pyridine rings is 1. The Balaban J connectivity index is 1.53. The van der Waals surface area contributed by atoms with Crippen molar-refractivity contribution < 1.29 is 13.9 Å². The summed E-state index contributed by atoms with van der Waals surface area (Å²) in [6.07, 6.45) is 7.57. The van der Waals surface area contributed by atoms with Crippen molar-refractivity contribution >= 4 is 33.3 Å². The number of imidazole rings is 1. The fourth-order valence-corrected chi connectivity index (χ4v) is 4.75. The molecule has 1 aliphatic heterocycles. The lowest BCUT2D eigenvalue weighted by Gasteiger charge is -2.27. The van der Waals surface area contributed by atoms with Gasteiger partial charge in [0.2, 0.25) is 5.43 Å². The number of rotatable bonds is 6. The van der Waals surface area contributed by atoms with E-state index in [-0.39, 0.29) is 22.4 Å². The number of amides is 1. The van der Waals surface area contributed by atoms with Crippen molar-refractivity contribution in [1.82, 2.24) is 19.0 Å². The standard InChI is InChI=1S/C28H24FN5O3/c1-32(2)28(36)20-15-34-22-12-17-6-3-4-7-18(17)13-23(22)37-27-24(21(29)14-19(25(27)34)26(20)35)31-8-5-10-33-11-9-30-16-33/h3-4,6-7,9,11-16,31H,5,8,10H2,1-2H3. The van der Waals surface area contributed by atoms with Gasteiger partial charge < -0.3 is 24.1 Å². The highest BCUT2D eigenvalue weighted by molar-refractivity contribution is 6.01. The van der Waals surface area contributed by atoms with E-state index in [0.717, 1.165) is 17.2 Å². The molecule has 0 bridgehead atoms. The van der Waals surface area contributed by atoms with Crippen LogP contribution in [0.3, 0.4) is 0 Å². The van der Waals surface area contributed by atoms with Crippen LogP contribution in [0.4, 0.5) is 10.1 Å². The maximum absolute atomic E-state index is 15.5. The van der Waals surface area contributed by atoms with Crippen LogP contribution in [0.1, 0.15) is 16.8 Å². The highest BCUT2D eigenvalue weighted by Gasteiger charge is 2.29. The van der Waals surface area contributed by atoms with Crippen molar-refractivity contribution in [1.29, 1.82) is 0 Å². The Kier molecular flexibility index (Phi) is 5.40. The second kappa shape index (κ2) is 8.77. The number of ether oxygens (including phenoxy) is 1. The second-order valence-electron chi connectivity index (χ2n) is 9.25. The number of halogens is 1. The summed E-state index contributed by atoms with van der Waals surface area (Å²) in [4.78, 5) is 31.7. The highest BCUT2D eigenvalue weighted by Crippen LogP contribution is 2.46. The molecule has 1 aliphatic rings. The number of aromatic nitrogens is 3. The molecule has 186 valence electrons. The van der Waals surface area contributed by atoms with Crippen LogP contribution in [0.15, 0.2) is 72.2 Å². The van der Waals surface area contributed by atoms with Gasteiger partial charge in [-0.05, 0) is 35.4 Å². The SMILES string of the molecule is CN(C)C(=O)c1cn2c3c(c(NCCCn4ccnc4)c(F)cc3c1=O)Oc1cc3ccccc3cc1-2. The molecule has 1 amide bonds. The average Bonchev–Trinajstić information content (AvgIpc) is 3.41. The van der Waals surface area contributed by atoms with E-state index in [1.807, 2.05) is 47.2 Å². The molecule has 3 aromatic carbocycles. The number of carbonyl (C=O) groups excluding carboxylic acids is 1. The van der Waals surface area contributed by atoms with E-state index in [1.54, 1.807) is 31.2 Å². The Hall–Kier alpha value is -4.66. The summed E-state index contributed by atoms with van der Waals surface area (Å²) in [5.41, 5.74) is 0.689. The number of anilines is 1. The lowest BCUT2D eigenvalue weighted by Crippen LogP contribution is -2.29. The largest absolute Gasteiger partial charge is 0.451 e. The lowest BCUT2D eigenvalue weighted by molar-refractivity contribution is 0.0826. The summed E-state index contributed by atoms with van der Waals surface area (Å²) in [7, 11) is 3.16. The lowest BCUT2D eigenvalue weighted by atomic mass is 10.0. The number of aryl methyl sites for hydroxylation is 1. The number of nitrogens with zero attached hydrogens (tertiary/aromatic N) is 4. The van der Waals surface area contributed by atoms with Crippen LogP contribution in [-0.2, 0) is 6.54 Å². The molecule has 6 rings (SSSR count). The first-order valence-electron chi connectivity index (χ1n) is 12.0. The van der Waals surface area contributed by atoms with E-state index in [2.05, 4.69) is 10.3 Å². The molecule has 0 saturated carbocycles. The van der Waals surface area contributed by atoms with E-state index >= 15 is 4.39 Å². The van der Waals surface area contributed by atoms with Crippen molar-refractivity contribution in [2.75, 3.05) is 26.0 Å². The minimum atomic E-state index is -0.618. The zero-order chi connectivity index (χ0) is 25.7. The quantitative estimate of drug-likeness (QED) is 0.335. The van der Waals surface area contributed by atoms with E-state index in [9.17, 15) is 9.59 Å². The van der Waals surface area contributed by atoms with Crippen LogP contribution in [0.25, 0.3) is 27.4 Å². The van der Waals surface area contributed by atoms with Crippen LogP contribution in [-0.4, -0.2) is 45.6 Å². The van der Waals surface area contributed by atoms with Crippen LogP contribution < -0.4 is 15.5 Å². The van der Waals surface area contributed by atoms with Crippen LogP contribution in [0.5, 0.6) is 11.5 Å². The predicted molar refractivity (Wildman–Crippen MR) is 140 cm³/mol. The van der Waals surface area contributed by atoms with Gasteiger partial charge in [0, 0.05) is 45.8 Å². The number of fused-ring (bicyclic) bond motifs is 3. The monoisotopic (exact) mass is 497 g/mol. The summed E-state index contributed by atoms with van der Waals surface area (Å²) in [6.45, 7) is 1.19. The molecule has 0 saturated heterocycles.